The topological polar surface area (TPSA) is 65.1 Å². The molecule has 2 rings (SSSR count). The molecule has 150 valence electrons. The molecule has 1 saturated carbocycles. The minimum Gasteiger partial charge on any atom is -0.469 e. The zero-order chi connectivity index (χ0) is 19.2. The molecule has 26 heavy (non-hydrogen) atoms. The fourth-order valence-corrected chi connectivity index (χ4v) is 4.50. The van der Waals surface area contributed by atoms with Gasteiger partial charge in [0.1, 0.15) is 11.4 Å². The summed E-state index contributed by atoms with van der Waals surface area (Å²) in [4.78, 5) is 23.5. The van der Waals surface area contributed by atoms with Crippen LogP contribution in [-0.2, 0) is 23.8 Å². The van der Waals surface area contributed by atoms with Crippen LogP contribution >= 0.6 is 11.9 Å². The summed E-state index contributed by atoms with van der Waals surface area (Å²) in [7, 11) is 1.45. The van der Waals surface area contributed by atoms with Gasteiger partial charge >= 0.3 is 11.9 Å². The van der Waals surface area contributed by atoms with Gasteiger partial charge in [-0.15, -0.1) is 0 Å². The Labute approximate surface area is 161 Å². The first-order chi connectivity index (χ1) is 12.3. The van der Waals surface area contributed by atoms with Crippen molar-refractivity contribution in [2.45, 2.75) is 77.0 Å². The van der Waals surface area contributed by atoms with Gasteiger partial charge in [-0.05, 0) is 59.3 Å². The first kappa shape index (κ1) is 21.5. The Kier molecular flexibility index (Phi) is 8.23. The largest absolute Gasteiger partial charge is 0.469 e. The summed E-state index contributed by atoms with van der Waals surface area (Å²) in [6, 6.07) is 0.348. The SMILES string of the molecule is COC(=O)C1CCC(OC[C@@H]2CCCN2SCC(=O)OC(C)(C)C)CC1. The lowest BCUT2D eigenvalue weighted by Crippen LogP contribution is -2.33. The van der Waals surface area contributed by atoms with E-state index in [4.69, 9.17) is 14.2 Å². The predicted molar refractivity (Wildman–Crippen MR) is 102 cm³/mol. The van der Waals surface area contributed by atoms with Gasteiger partial charge in [-0.25, -0.2) is 4.31 Å². The molecule has 0 N–H and O–H groups in total. The maximum Gasteiger partial charge on any atom is 0.317 e. The van der Waals surface area contributed by atoms with Gasteiger partial charge in [0, 0.05) is 12.6 Å². The van der Waals surface area contributed by atoms with Crippen LogP contribution in [0.1, 0.15) is 59.3 Å². The van der Waals surface area contributed by atoms with E-state index in [1.54, 1.807) is 11.9 Å². The number of nitrogens with zero attached hydrogens (tertiary/aromatic N) is 1. The fraction of sp³-hybridized carbons (Fsp3) is 0.895. The second-order valence-corrected chi connectivity index (χ2v) is 9.14. The predicted octanol–water partition coefficient (Wildman–Crippen LogP) is 3.19. The lowest BCUT2D eigenvalue weighted by atomic mass is 9.87. The Balaban J connectivity index is 1.67. The summed E-state index contributed by atoms with van der Waals surface area (Å²) >= 11 is 1.55. The number of hydrogen-bond donors (Lipinski definition) is 0. The summed E-state index contributed by atoms with van der Waals surface area (Å²) in [6.07, 6.45) is 5.98. The maximum absolute atomic E-state index is 11.9. The lowest BCUT2D eigenvalue weighted by Gasteiger charge is -2.30. The number of methoxy groups -OCH3 is 1. The molecule has 0 aromatic rings. The third-order valence-corrected chi connectivity index (χ3v) is 6.00. The summed E-state index contributed by atoms with van der Waals surface area (Å²) < 4.78 is 18.6. The summed E-state index contributed by atoms with van der Waals surface area (Å²) in [5.41, 5.74) is -0.436. The van der Waals surface area contributed by atoms with Crippen LogP contribution in [0.5, 0.6) is 0 Å². The van der Waals surface area contributed by atoms with Gasteiger partial charge < -0.3 is 14.2 Å². The summed E-state index contributed by atoms with van der Waals surface area (Å²) in [5, 5.41) is 0. The number of hydrogen-bond acceptors (Lipinski definition) is 7. The van der Waals surface area contributed by atoms with Gasteiger partial charge in [0.05, 0.1) is 25.7 Å². The molecular formula is C19H33NO5S. The molecule has 7 heteroatoms. The normalized spacial score (nSPS) is 27.3. The Hall–Kier alpha value is -0.790. The first-order valence-corrected chi connectivity index (χ1v) is 10.5. The summed E-state index contributed by atoms with van der Waals surface area (Å²) in [6.45, 7) is 7.33. The maximum atomic E-state index is 11.9. The van der Waals surface area contributed by atoms with Gasteiger partial charge in [-0.2, -0.15) is 0 Å². The van der Waals surface area contributed by atoms with E-state index in [-0.39, 0.29) is 24.0 Å². The average molecular weight is 388 g/mol. The van der Waals surface area contributed by atoms with Crippen molar-refractivity contribution in [3.8, 4) is 0 Å². The second kappa shape index (κ2) is 9.95. The van der Waals surface area contributed by atoms with E-state index in [2.05, 4.69) is 4.31 Å². The van der Waals surface area contributed by atoms with Crippen LogP contribution in [0.2, 0.25) is 0 Å². The standard InChI is InChI=1S/C19H33NO5S/c1-19(2,3)25-17(21)13-26-20-11-5-6-15(20)12-24-16-9-7-14(8-10-16)18(22)23-4/h14-16H,5-13H2,1-4H3/t14?,15-,16?/m0/s1. The highest BCUT2D eigenvalue weighted by atomic mass is 32.2. The van der Waals surface area contributed by atoms with Crippen molar-refractivity contribution in [1.29, 1.82) is 0 Å². The number of esters is 2. The van der Waals surface area contributed by atoms with Crippen molar-refractivity contribution in [2.75, 3.05) is 26.0 Å². The van der Waals surface area contributed by atoms with E-state index >= 15 is 0 Å². The van der Waals surface area contributed by atoms with Gasteiger partial charge in [0.25, 0.3) is 0 Å². The number of carbonyl (C=O) groups excluding carboxylic acids is 2. The molecule has 0 bridgehead atoms. The molecule has 6 nitrogen and oxygen atoms in total. The third-order valence-electron chi connectivity index (χ3n) is 4.82. The summed E-state index contributed by atoms with van der Waals surface area (Å²) in [5.74, 6) is 0.115. The molecule has 0 radical (unpaired) electrons. The molecular weight excluding hydrogens is 354 g/mol. The molecule has 1 aliphatic carbocycles. The fourth-order valence-electron chi connectivity index (χ4n) is 3.53. The highest BCUT2D eigenvalue weighted by Crippen LogP contribution is 2.30. The van der Waals surface area contributed by atoms with Crippen LogP contribution in [0.15, 0.2) is 0 Å². The molecule has 1 atom stereocenters. The van der Waals surface area contributed by atoms with Gasteiger partial charge in [-0.1, -0.05) is 11.9 Å². The Morgan fingerprint density at radius 2 is 1.81 bits per heavy atom. The van der Waals surface area contributed by atoms with Gasteiger partial charge in [0.2, 0.25) is 0 Å². The number of rotatable bonds is 7. The van der Waals surface area contributed by atoms with Crippen LogP contribution in [0, 0.1) is 5.92 Å². The molecule has 0 aromatic heterocycles. The molecule has 0 spiro atoms. The molecule has 0 amide bonds. The number of carbonyl (C=O) groups is 2. The van der Waals surface area contributed by atoms with Crippen LogP contribution in [0.4, 0.5) is 0 Å². The van der Waals surface area contributed by atoms with Crippen molar-refractivity contribution in [2.24, 2.45) is 5.92 Å². The van der Waals surface area contributed by atoms with E-state index in [0.717, 1.165) is 45.1 Å². The van der Waals surface area contributed by atoms with Crippen LogP contribution in [-0.4, -0.2) is 60.0 Å². The quantitative estimate of drug-likeness (QED) is 0.491. The van der Waals surface area contributed by atoms with Crippen molar-refractivity contribution in [1.82, 2.24) is 4.31 Å². The van der Waals surface area contributed by atoms with E-state index in [0.29, 0.717) is 18.4 Å². The van der Waals surface area contributed by atoms with Gasteiger partial charge in [-0.3, -0.25) is 9.59 Å². The van der Waals surface area contributed by atoms with E-state index in [9.17, 15) is 9.59 Å². The molecule has 1 heterocycles. The van der Waals surface area contributed by atoms with Crippen molar-refractivity contribution >= 4 is 23.9 Å². The van der Waals surface area contributed by atoms with E-state index in [1.165, 1.54) is 7.11 Å². The van der Waals surface area contributed by atoms with Gasteiger partial charge in [0.15, 0.2) is 0 Å². The molecule has 1 aliphatic heterocycles. The first-order valence-electron chi connectivity index (χ1n) is 9.59. The van der Waals surface area contributed by atoms with Crippen LogP contribution in [0.3, 0.4) is 0 Å². The van der Waals surface area contributed by atoms with Crippen LogP contribution < -0.4 is 0 Å². The smallest absolute Gasteiger partial charge is 0.317 e. The highest BCUT2D eigenvalue weighted by molar-refractivity contribution is 7.97. The average Bonchev–Trinajstić information content (AvgIpc) is 3.04. The Morgan fingerprint density at radius 3 is 2.42 bits per heavy atom. The molecule has 0 unspecified atom stereocenters. The lowest BCUT2D eigenvalue weighted by molar-refractivity contribution is -0.151. The Morgan fingerprint density at radius 1 is 1.12 bits per heavy atom. The molecule has 2 aliphatic rings. The minimum atomic E-state index is -0.436. The van der Waals surface area contributed by atoms with E-state index < -0.39 is 5.60 Å². The van der Waals surface area contributed by atoms with Crippen molar-refractivity contribution < 1.29 is 23.8 Å². The third kappa shape index (κ3) is 7.08. The second-order valence-electron chi connectivity index (χ2n) is 8.13. The monoisotopic (exact) mass is 387 g/mol. The zero-order valence-electron chi connectivity index (χ0n) is 16.5. The molecule has 1 saturated heterocycles. The zero-order valence-corrected chi connectivity index (χ0v) is 17.3. The Bertz CT molecular complexity index is 471. The van der Waals surface area contributed by atoms with Crippen LogP contribution in [0.25, 0.3) is 0 Å². The molecule has 0 aromatic carbocycles. The molecule has 2 fully saturated rings. The number of ether oxygens (including phenoxy) is 3. The van der Waals surface area contributed by atoms with Crippen molar-refractivity contribution in [3.63, 3.8) is 0 Å². The van der Waals surface area contributed by atoms with E-state index in [1.807, 2.05) is 20.8 Å². The minimum absolute atomic E-state index is 0.0345. The highest BCUT2D eigenvalue weighted by Gasteiger charge is 2.30. The van der Waals surface area contributed by atoms with Crippen molar-refractivity contribution in [3.05, 3.63) is 0 Å².